The molecule has 8 heteroatoms. The smallest absolute Gasteiger partial charge is 0.178 e. The van der Waals surface area contributed by atoms with Crippen molar-refractivity contribution in [3.63, 3.8) is 0 Å². The van der Waals surface area contributed by atoms with E-state index in [1.54, 1.807) is 30.1 Å². The van der Waals surface area contributed by atoms with E-state index in [1.807, 2.05) is 59.7 Å². The van der Waals surface area contributed by atoms with Crippen LogP contribution >= 0.6 is 46.7 Å². The van der Waals surface area contributed by atoms with Crippen LogP contribution in [0.15, 0.2) is 81.7 Å². The van der Waals surface area contributed by atoms with Crippen molar-refractivity contribution in [1.82, 2.24) is 4.98 Å². The number of ether oxygens (including phenoxy) is 1. The first-order valence-corrected chi connectivity index (χ1v) is 11.3. The van der Waals surface area contributed by atoms with Gasteiger partial charge in [0.05, 0.1) is 5.02 Å². The Morgan fingerprint density at radius 3 is 2.66 bits per heavy atom. The Morgan fingerprint density at radius 2 is 1.93 bits per heavy atom. The molecule has 0 saturated heterocycles. The van der Waals surface area contributed by atoms with Crippen LogP contribution in [0.2, 0.25) is 10.0 Å². The van der Waals surface area contributed by atoms with Crippen LogP contribution in [0.3, 0.4) is 0 Å². The number of nitrogens with two attached hydrogens (primary N) is 1. The predicted molar refractivity (Wildman–Crippen MR) is 123 cm³/mol. The molecule has 1 unspecified atom stereocenters. The number of allylic oxidation sites excluding steroid dienone is 1. The lowest BCUT2D eigenvalue weighted by molar-refractivity contribution is 0.478. The van der Waals surface area contributed by atoms with E-state index in [-0.39, 0.29) is 5.50 Å². The van der Waals surface area contributed by atoms with Crippen LogP contribution in [-0.4, -0.2) is 10.5 Å². The van der Waals surface area contributed by atoms with Gasteiger partial charge in [0.1, 0.15) is 11.2 Å². The second-order valence-electron chi connectivity index (χ2n) is 6.24. The largest absolute Gasteiger partial charge is 0.453 e. The van der Waals surface area contributed by atoms with E-state index in [0.29, 0.717) is 21.6 Å². The molecule has 148 valence electrons. The number of aromatic nitrogens is 1. The third-order valence-electron chi connectivity index (χ3n) is 4.14. The van der Waals surface area contributed by atoms with Gasteiger partial charge in [-0.25, -0.2) is 4.98 Å². The van der Waals surface area contributed by atoms with Crippen LogP contribution in [0, 0.1) is 0 Å². The minimum atomic E-state index is -0.249. The summed E-state index contributed by atoms with van der Waals surface area (Å²) in [5, 5.41) is 3.28. The molecule has 2 heterocycles. The molecule has 0 fully saturated rings. The Balaban J connectivity index is 1.72. The summed E-state index contributed by atoms with van der Waals surface area (Å²) in [6, 6.07) is 16.9. The number of anilines is 1. The minimum Gasteiger partial charge on any atom is -0.453 e. The Morgan fingerprint density at radius 1 is 1.14 bits per heavy atom. The van der Waals surface area contributed by atoms with Crippen LogP contribution in [0.4, 0.5) is 5.82 Å². The molecule has 0 aliphatic carbocycles. The maximum Gasteiger partial charge on any atom is 0.178 e. The third-order valence-corrected chi connectivity index (χ3v) is 6.80. The molecule has 4 nitrogen and oxygen atoms in total. The van der Waals surface area contributed by atoms with Gasteiger partial charge in [-0.2, -0.15) is 0 Å². The number of thioether (sulfide) groups is 1. The van der Waals surface area contributed by atoms with Gasteiger partial charge >= 0.3 is 0 Å². The van der Waals surface area contributed by atoms with Crippen LogP contribution in [0.5, 0.6) is 11.5 Å². The van der Waals surface area contributed by atoms with E-state index in [4.69, 9.17) is 33.7 Å². The lowest BCUT2D eigenvalue weighted by Crippen LogP contribution is -2.35. The van der Waals surface area contributed by atoms with E-state index >= 15 is 0 Å². The highest BCUT2D eigenvalue weighted by Gasteiger charge is 2.27. The molecule has 4 rings (SSSR count). The van der Waals surface area contributed by atoms with Gasteiger partial charge < -0.3 is 15.4 Å². The number of hydrogen-bond donors (Lipinski definition) is 1. The van der Waals surface area contributed by atoms with Gasteiger partial charge in [-0.1, -0.05) is 64.9 Å². The number of pyridine rings is 1. The summed E-state index contributed by atoms with van der Waals surface area (Å²) in [6.07, 6.45) is 1.79. The molecule has 0 amide bonds. The van der Waals surface area contributed by atoms with Gasteiger partial charge in [-0.15, -0.1) is 0 Å². The summed E-state index contributed by atoms with van der Waals surface area (Å²) in [6.45, 7) is 2.00. The lowest BCUT2D eigenvalue weighted by Gasteiger charge is -2.26. The number of hydrogen-bond acceptors (Lipinski definition) is 6. The van der Waals surface area contributed by atoms with Crippen molar-refractivity contribution in [2.75, 3.05) is 4.90 Å². The zero-order valence-corrected chi connectivity index (χ0v) is 18.5. The maximum atomic E-state index is 6.32. The SMILES string of the molecule is CC1=CSC(N)N1c1ncc(Sc2cc(Cl)ccc2Cl)cc1Oc1ccccc1. The van der Waals surface area contributed by atoms with Crippen LogP contribution in [0.1, 0.15) is 6.92 Å². The second kappa shape index (κ2) is 8.90. The highest BCUT2D eigenvalue weighted by molar-refractivity contribution is 8.03. The molecule has 3 aromatic rings. The van der Waals surface area contributed by atoms with Crippen molar-refractivity contribution in [3.05, 3.63) is 81.9 Å². The summed E-state index contributed by atoms with van der Waals surface area (Å²) >= 11 is 15.5. The van der Waals surface area contributed by atoms with Crippen molar-refractivity contribution < 1.29 is 4.74 Å². The summed E-state index contributed by atoms with van der Waals surface area (Å²) in [4.78, 5) is 8.37. The number of rotatable bonds is 5. The average molecular weight is 462 g/mol. The number of halogens is 2. The molecule has 2 aromatic carbocycles. The topological polar surface area (TPSA) is 51.4 Å². The van der Waals surface area contributed by atoms with E-state index in [0.717, 1.165) is 21.2 Å². The normalized spacial score (nSPS) is 16.1. The fourth-order valence-electron chi connectivity index (χ4n) is 2.80. The van der Waals surface area contributed by atoms with Crippen molar-refractivity contribution in [2.24, 2.45) is 5.73 Å². The monoisotopic (exact) mass is 461 g/mol. The van der Waals surface area contributed by atoms with Gasteiger partial charge in [0.2, 0.25) is 0 Å². The zero-order valence-electron chi connectivity index (χ0n) is 15.4. The molecule has 0 saturated carbocycles. The molecule has 29 heavy (non-hydrogen) atoms. The third kappa shape index (κ3) is 4.68. The second-order valence-corrected chi connectivity index (χ2v) is 9.19. The Labute approximate surface area is 188 Å². The predicted octanol–water partition coefficient (Wildman–Crippen LogP) is 6.99. The minimum absolute atomic E-state index is 0.249. The molecule has 1 aliphatic heterocycles. The molecule has 0 bridgehead atoms. The van der Waals surface area contributed by atoms with E-state index in [9.17, 15) is 0 Å². The fraction of sp³-hybridized carbons (Fsp3) is 0.0952. The number of nitrogens with zero attached hydrogens (tertiary/aromatic N) is 2. The first-order chi connectivity index (χ1) is 14.0. The van der Waals surface area contributed by atoms with Crippen molar-refractivity contribution in [2.45, 2.75) is 22.2 Å². The fourth-order valence-corrected chi connectivity index (χ4v) is 4.99. The lowest BCUT2D eigenvalue weighted by atomic mass is 10.3. The summed E-state index contributed by atoms with van der Waals surface area (Å²) in [5.74, 6) is 2.01. The Kier molecular flexibility index (Phi) is 6.27. The van der Waals surface area contributed by atoms with E-state index < -0.39 is 0 Å². The molecule has 1 aliphatic rings. The van der Waals surface area contributed by atoms with Crippen LogP contribution in [0.25, 0.3) is 0 Å². The van der Waals surface area contributed by atoms with Gasteiger partial charge in [0, 0.05) is 32.8 Å². The summed E-state index contributed by atoms with van der Waals surface area (Å²) in [5.41, 5.74) is 7.04. The summed E-state index contributed by atoms with van der Waals surface area (Å²) in [7, 11) is 0. The first kappa shape index (κ1) is 20.4. The molecule has 2 N–H and O–H groups in total. The quantitative estimate of drug-likeness (QED) is 0.441. The molecule has 0 radical (unpaired) electrons. The Hall–Kier alpha value is -1.83. The molecular formula is C21H17Cl2N3OS2. The number of benzene rings is 2. The standard InChI is InChI=1S/C21H17Cl2N3OS2/c1-13-12-28-21(24)26(13)20-18(27-15-5-3-2-4-6-15)10-16(11-25-20)29-19-9-14(22)7-8-17(19)23/h2-12,21H,24H2,1H3. The Bertz CT molecular complexity index is 1060. The van der Waals surface area contributed by atoms with Gasteiger partial charge in [-0.3, -0.25) is 0 Å². The maximum absolute atomic E-state index is 6.32. The first-order valence-electron chi connectivity index (χ1n) is 8.74. The van der Waals surface area contributed by atoms with Gasteiger partial charge in [-0.05, 0) is 42.7 Å². The molecular weight excluding hydrogens is 445 g/mol. The van der Waals surface area contributed by atoms with Crippen molar-refractivity contribution in [3.8, 4) is 11.5 Å². The van der Waals surface area contributed by atoms with E-state index in [1.165, 1.54) is 11.8 Å². The summed E-state index contributed by atoms with van der Waals surface area (Å²) < 4.78 is 6.18. The molecule has 1 atom stereocenters. The van der Waals surface area contributed by atoms with E-state index in [2.05, 4.69) is 4.98 Å². The molecule has 1 aromatic heterocycles. The van der Waals surface area contributed by atoms with Crippen LogP contribution in [-0.2, 0) is 0 Å². The van der Waals surface area contributed by atoms with Gasteiger partial charge in [0.25, 0.3) is 0 Å². The van der Waals surface area contributed by atoms with Crippen molar-refractivity contribution in [1.29, 1.82) is 0 Å². The zero-order chi connectivity index (χ0) is 20.4. The average Bonchev–Trinajstić information content (AvgIpc) is 3.04. The number of para-hydroxylation sites is 1. The van der Waals surface area contributed by atoms with Gasteiger partial charge in [0.15, 0.2) is 11.6 Å². The highest BCUT2D eigenvalue weighted by Crippen LogP contribution is 2.42. The van der Waals surface area contributed by atoms with Crippen LogP contribution < -0.4 is 15.4 Å². The highest BCUT2D eigenvalue weighted by atomic mass is 35.5. The van der Waals surface area contributed by atoms with Crippen molar-refractivity contribution >= 4 is 52.5 Å². The molecule has 0 spiro atoms.